The van der Waals surface area contributed by atoms with Crippen LogP contribution in [0.25, 0.3) is 10.9 Å². The van der Waals surface area contributed by atoms with Crippen molar-refractivity contribution < 1.29 is 21.2 Å². The number of nitrogens with zero attached hydrogens (tertiary/aromatic N) is 1. The molecule has 1 unspecified atom stereocenters. The summed E-state index contributed by atoms with van der Waals surface area (Å²) in [7, 11) is -3.01. The molecule has 0 radical (unpaired) electrons. The van der Waals surface area contributed by atoms with Crippen molar-refractivity contribution in [3.8, 4) is 0 Å². The van der Waals surface area contributed by atoms with Gasteiger partial charge in [-0.1, -0.05) is 35.9 Å². The van der Waals surface area contributed by atoms with E-state index in [1.54, 1.807) is 24.3 Å². The van der Waals surface area contributed by atoms with Gasteiger partial charge >= 0.3 is 0 Å². The van der Waals surface area contributed by atoms with Gasteiger partial charge in [0.1, 0.15) is 16.0 Å². The van der Waals surface area contributed by atoms with Crippen LogP contribution in [0, 0.1) is 12.7 Å². The molecule has 0 N–H and O–H groups in total. The van der Waals surface area contributed by atoms with Gasteiger partial charge < -0.3 is 0 Å². The maximum absolute atomic E-state index is 13.6. The molecule has 0 aliphatic heterocycles. The van der Waals surface area contributed by atoms with Crippen molar-refractivity contribution in [2.75, 3.05) is 0 Å². The lowest BCUT2D eigenvalue weighted by Crippen LogP contribution is -2.19. The predicted molar refractivity (Wildman–Crippen MR) is 103 cm³/mol. The van der Waals surface area contributed by atoms with Crippen molar-refractivity contribution in [2.45, 2.75) is 17.1 Å². The fraction of sp³-hybridized carbons (Fsp3) is 0.111. The third-order valence-corrected chi connectivity index (χ3v) is 7.48. The second kappa shape index (κ2) is 6.78. The molecule has 27 heavy (non-hydrogen) atoms. The minimum Gasteiger partial charge on any atom is -0.243 e. The first-order valence-corrected chi connectivity index (χ1v) is 11.6. The largest absolute Gasteiger partial charge is 0.263 e. The van der Waals surface area contributed by atoms with Crippen LogP contribution in [0.15, 0.2) is 66.2 Å². The second-order valence-electron chi connectivity index (χ2n) is 6.00. The molecule has 1 aromatic heterocycles. The van der Waals surface area contributed by atoms with E-state index in [1.807, 2.05) is 6.92 Å². The van der Waals surface area contributed by atoms with Crippen LogP contribution in [0.2, 0.25) is 0 Å². The number of benzene rings is 2. The van der Waals surface area contributed by atoms with Crippen molar-refractivity contribution in [1.29, 1.82) is 0 Å². The molecule has 2 aromatic carbocycles. The molecule has 3 aromatic rings. The number of halogens is 2. The molecule has 1 heterocycles. The highest BCUT2D eigenvalue weighted by Crippen LogP contribution is 2.34. The molecule has 9 heteroatoms. The van der Waals surface area contributed by atoms with E-state index in [4.69, 9.17) is 10.7 Å². The van der Waals surface area contributed by atoms with Crippen LogP contribution in [-0.2, 0) is 19.1 Å². The fourth-order valence-corrected chi connectivity index (χ4v) is 5.62. The zero-order chi connectivity index (χ0) is 20.0. The van der Waals surface area contributed by atoms with Gasteiger partial charge in [-0.2, -0.15) is 0 Å². The van der Waals surface area contributed by atoms with Gasteiger partial charge in [0.25, 0.3) is 9.05 Å². The van der Waals surface area contributed by atoms with Crippen LogP contribution in [0.3, 0.4) is 0 Å². The second-order valence-corrected chi connectivity index (χ2v) is 10.5. The minimum absolute atomic E-state index is 0.00888. The van der Waals surface area contributed by atoms with Gasteiger partial charge in [-0.15, -0.1) is 6.58 Å². The Morgan fingerprint density at radius 2 is 1.74 bits per heavy atom. The van der Waals surface area contributed by atoms with Gasteiger partial charge in [0.05, 0.1) is 5.52 Å². The van der Waals surface area contributed by atoms with Gasteiger partial charge in [-0.05, 0) is 30.7 Å². The quantitative estimate of drug-likeness (QED) is 0.453. The van der Waals surface area contributed by atoms with E-state index in [0.29, 0.717) is 5.56 Å². The molecule has 0 fully saturated rings. The molecule has 0 aliphatic carbocycles. The number of rotatable bonds is 5. The van der Waals surface area contributed by atoms with Crippen molar-refractivity contribution in [3.63, 3.8) is 0 Å². The van der Waals surface area contributed by atoms with Crippen molar-refractivity contribution >= 4 is 40.7 Å². The Morgan fingerprint density at radius 3 is 2.30 bits per heavy atom. The van der Waals surface area contributed by atoms with E-state index in [2.05, 4.69) is 6.58 Å². The molecular formula is C18H15ClFNO4S2. The lowest BCUT2D eigenvalue weighted by molar-refractivity contribution is 0.582. The Morgan fingerprint density at radius 1 is 1.11 bits per heavy atom. The molecule has 5 nitrogen and oxygen atoms in total. The van der Waals surface area contributed by atoms with Crippen molar-refractivity contribution in [3.05, 3.63) is 78.3 Å². The van der Waals surface area contributed by atoms with Gasteiger partial charge in [0, 0.05) is 22.3 Å². The Bertz CT molecular complexity index is 1250. The van der Waals surface area contributed by atoms with E-state index in [-0.39, 0.29) is 10.9 Å². The average molecular weight is 428 g/mol. The molecule has 0 aliphatic rings. The maximum Gasteiger partial charge on any atom is 0.263 e. The smallest absolute Gasteiger partial charge is 0.243 e. The molecule has 0 amide bonds. The highest BCUT2D eigenvalue weighted by atomic mass is 35.7. The predicted octanol–water partition coefficient (Wildman–Crippen LogP) is 4.12. The Labute approximate surface area is 161 Å². The average Bonchev–Trinajstić information content (AvgIpc) is 2.96. The number of fused-ring (bicyclic) bond motifs is 1. The molecule has 0 saturated heterocycles. The topological polar surface area (TPSA) is 73.2 Å². The van der Waals surface area contributed by atoms with E-state index in [9.17, 15) is 21.2 Å². The monoisotopic (exact) mass is 427 g/mol. The molecule has 142 valence electrons. The lowest BCUT2D eigenvalue weighted by Gasteiger charge is -2.16. The van der Waals surface area contributed by atoms with Gasteiger partial charge in [-0.3, -0.25) is 0 Å². The summed E-state index contributed by atoms with van der Waals surface area (Å²) in [6.07, 6.45) is 2.15. The summed E-state index contributed by atoms with van der Waals surface area (Å²) in [5.74, 6) is -0.710. The van der Waals surface area contributed by atoms with Gasteiger partial charge in [-0.25, -0.2) is 25.2 Å². The maximum atomic E-state index is 13.6. The van der Waals surface area contributed by atoms with Crippen LogP contribution in [0.5, 0.6) is 0 Å². The first kappa shape index (κ1) is 19.6. The third-order valence-electron chi connectivity index (χ3n) is 4.17. The number of aryl methyl sites for hydroxylation is 1. The summed E-state index contributed by atoms with van der Waals surface area (Å²) in [5, 5.41) is -1.25. The first-order valence-electron chi connectivity index (χ1n) is 7.74. The van der Waals surface area contributed by atoms with Gasteiger partial charge in [0.2, 0.25) is 10.0 Å². The molecular weight excluding hydrogens is 413 g/mol. The minimum atomic E-state index is -4.29. The van der Waals surface area contributed by atoms with Crippen molar-refractivity contribution in [1.82, 2.24) is 3.97 Å². The standard InChI is InChI=1S/C18H15ClFNO4S2/c1-3-17(13-6-4-12(2)5-7-13)27(24,25)21-11-18(26(19,22)23)15-10-14(20)8-9-16(15)21/h3-11,17H,1H2,2H3. The number of hydrogen-bond donors (Lipinski definition) is 0. The molecule has 3 rings (SSSR count). The summed E-state index contributed by atoms with van der Waals surface area (Å²) in [5.41, 5.74) is 1.43. The zero-order valence-electron chi connectivity index (χ0n) is 14.1. The number of hydrogen-bond acceptors (Lipinski definition) is 4. The normalized spacial score (nSPS) is 13.6. The lowest BCUT2D eigenvalue weighted by atomic mass is 10.1. The Balaban J connectivity index is 2.30. The van der Waals surface area contributed by atoms with Crippen LogP contribution < -0.4 is 0 Å². The summed E-state index contributed by atoms with van der Waals surface area (Å²) >= 11 is 0. The molecule has 1 atom stereocenters. The van der Waals surface area contributed by atoms with Crippen LogP contribution in [0.1, 0.15) is 16.4 Å². The summed E-state index contributed by atoms with van der Waals surface area (Å²) < 4.78 is 64.7. The summed E-state index contributed by atoms with van der Waals surface area (Å²) in [6, 6.07) is 10.0. The van der Waals surface area contributed by atoms with E-state index in [1.165, 1.54) is 12.1 Å². The van der Waals surface area contributed by atoms with Crippen molar-refractivity contribution in [2.24, 2.45) is 0 Å². The van der Waals surface area contributed by atoms with E-state index >= 15 is 0 Å². The molecule has 0 bridgehead atoms. The van der Waals surface area contributed by atoms with Crippen LogP contribution >= 0.6 is 10.7 Å². The van der Waals surface area contributed by atoms with E-state index < -0.39 is 35.0 Å². The summed E-state index contributed by atoms with van der Waals surface area (Å²) in [6.45, 7) is 5.47. The Hall–Kier alpha value is -2.16. The van der Waals surface area contributed by atoms with Crippen LogP contribution in [-0.4, -0.2) is 20.8 Å². The highest BCUT2D eigenvalue weighted by molar-refractivity contribution is 8.14. The molecule has 0 saturated carbocycles. The first-order chi connectivity index (χ1) is 12.6. The Kier molecular flexibility index (Phi) is 4.92. The van der Waals surface area contributed by atoms with Crippen LogP contribution in [0.4, 0.5) is 4.39 Å². The summed E-state index contributed by atoms with van der Waals surface area (Å²) in [4.78, 5) is -0.478. The fourth-order valence-electron chi connectivity index (χ4n) is 2.86. The van der Waals surface area contributed by atoms with Gasteiger partial charge in [0.15, 0.2) is 0 Å². The highest BCUT2D eigenvalue weighted by Gasteiger charge is 2.30. The zero-order valence-corrected chi connectivity index (χ0v) is 16.5. The third kappa shape index (κ3) is 3.52. The molecule has 0 spiro atoms. The number of aromatic nitrogens is 1. The SMILES string of the molecule is C=CC(c1ccc(C)cc1)S(=O)(=O)n1cc(S(=O)(=O)Cl)c2cc(F)ccc21. The van der Waals surface area contributed by atoms with E-state index in [0.717, 1.165) is 27.9 Å².